The Labute approximate surface area is 110 Å². The highest BCUT2D eigenvalue weighted by molar-refractivity contribution is 5.09. The molecule has 0 aliphatic carbocycles. The molecule has 0 aliphatic rings. The second-order valence-corrected chi connectivity index (χ2v) is 4.58. The van der Waals surface area contributed by atoms with Crippen molar-refractivity contribution in [1.82, 2.24) is 15.2 Å². The Morgan fingerprint density at radius 1 is 1.39 bits per heavy atom. The Morgan fingerprint density at radius 3 is 2.72 bits per heavy atom. The number of ether oxygens (including phenoxy) is 1. The number of aromatic nitrogens is 1. The molecule has 1 aromatic rings. The molecule has 1 N–H and O–H groups in total. The predicted molar refractivity (Wildman–Crippen MR) is 74.5 cm³/mol. The summed E-state index contributed by atoms with van der Waals surface area (Å²) in [4.78, 5) is 6.36. The topological polar surface area (TPSA) is 37.4 Å². The summed E-state index contributed by atoms with van der Waals surface area (Å²) >= 11 is 0. The molecule has 0 aliphatic heterocycles. The van der Waals surface area contributed by atoms with Gasteiger partial charge in [0.2, 0.25) is 0 Å². The lowest BCUT2D eigenvalue weighted by Crippen LogP contribution is -2.42. The van der Waals surface area contributed by atoms with Gasteiger partial charge in [-0.05, 0) is 37.7 Å². The van der Waals surface area contributed by atoms with E-state index in [0.29, 0.717) is 6.04 Å². The molecule has 1 heterocycles. The van der Waals surface area contributed by atoms with Gasteiger partial charge in [-0.2, -0.15) is 0 Å². The van der Waals surface area contributed by atoms with Crippen molar-refractivity contribution in [3.8, 4) is 0 Å². The number of methoxy groups -OCH3 is 1. The first-order valence-corrected chi connectivity index (χ1v) is 6.56. The number of hydrogen-bond acceptors (Lipinski definition) is 4. The van der Waals surface area contributed by atoms with Crippen LogP contribution in [0.5, 0.6) is 0 Å². The maximum Gasteiger partial charge on any atom is 0.0630 e. The second kappa shape index (κ2) is 9.03. The zero-order valence-corrected chi connectivity index (χ0v) is 11.7. The van der Waals surface area contributed by atoms with Crippen molar-refractivity contribution in [3.05, 3.63) is 30.1 Å². The van der Waals surface area contributed by atoms with Crippen LogP contribution in [0.1, 0.15) is 18.9 Å². The van der Waals surface area contributed by atoms with Crippen LogP contribution >= 0.6 is 0 Å². The van der Waals surface area contributed by atoms with Crippen molar-refractivity contribution in [2.45, 2.75) is 25.9 Å². The summed E-state index contributed by atoms with van der Waals surface area (Å²) in [5.41, 5.74) is 1.28. The highest BCUT2D eigenvalue weighted by Crippen LogP contribution is 2.05. The van der Waals surface area contributed by atoms with E-state index >= 15 is 0 Å². The molecule has 18 heavy (non-hydrogen) atoms. The first kappa shape index (κ1) is 15.1. The van der Waals surface area contributed by atoms with Crippen LogP contribution in [-0.2, 0) is 11.3 Å². The van der Waals surface area contributed by atoms with Crippen molar-refractivity contribution >= 4 is 0 Å². The minimum Gasteiger partial charge on any atom is -0.383 e. The Kier molecular flexibility index (Phi) is 7.57. The molecule has 0 aromatic carbocycles. The van der Waals surface area contributed by atoms with Gasteiger partial charge in [-0.1, -0.05) is 6.92 Å². The summed E-state index contributed by atoms with van der Waals surface area (Å²) in [5.74, 6) is 0. The molecule has 102 valence electrons. The van der Waals surface area contributed by atoms with Gasteiger partial charge in [0.1, 0.15) is 0 Å². The highest BCUT2D eigenvalue weighted by atomic mass is 16.5. The molecular formula is C14H25N3O. The van der Waals surface area contributed by atoms with Crippen LogP contribution in [0, 0.1) is 0 Å². The van der Waals surface area contributed by atoms with Crippen molar-refractivity contribution in [2.75, 3.05) is 33.9 Å². The smallest absolute Gasteiger partial charge is 0.0630 e. The van der Waals surface area contributed by atoms with Crippen molar-refractivity contribution in [1.29, 1.82) is 0 Å². The normalized spacial score (nSPS) is 12.9. The minimum absolute atomic E-state index is 0.398. The maximum absolute atomic E-state index is 5.30. The van der Waals surface area contributed by atoms with E-state index in [4.69, 9.17) is 4.74 Å². The van der Waals surface area contributed by atoms with Crippen LogP contribution in [0.15, 0.2) is 24.5 Å². The van der Waals surface area contributed by atoms with Gasteiger partial charge in [-0.3, -0.25) is 9.88 Å². The van der Waals surface area contributed by atoms with E-state index in [0.717, 1.165) is 32.7 Å². The third kappa shape index (κ3) is 5.58. The quantitative estimate of drug-likeness (QED) is 0.675. The standard InChI is InChI=1S/C14H25N3O/c1-4-7-16-10-14(12-18-3)17(2)11-13-5-8-15-9-6-13/h5-6,8-9,14,16H,4,7,10-12H2,1-3H3. The minimum atomic E-state index is 0.398. The van der Waals surface area contributed by atoms with E-state index < -0.39 is 0 Å². The van der Waals surface area contributed by atoms with E-state index in [2.05, 4.69) is 41.3 Å². The number of nitrogens with one attached hydrogen (secondary N) is 1. The van der Waals surface area contributed by atoms with Gasteiger partial charge in [-0.25, -0.2) is 0 Å². The molecule has 4 heteroatoms. The van der Waals surface area contributed by atoms with E-state index in [1.165, 1.54) is 5.56 Å². The van der Waals surface area contributed by atoms with Gasteiger partial charge >= 0.3 is 0 Å². The number of nitrogens with zero attached hydrogens (tertiary/aromatic N) is 2. The lowest BCUT2D eigenvalue weighted by molar-refractivity contribution is 0.101. The molecule has 0 saturated heterocycles. The summed E-state index contributed by atoms with van der Waals surface area (Å²) in [6.07, 6.45) is 4.83. The van der Waals surface area contributed by atoms with Crippen LogP contribution in [0.2, 0.25) is 0 Å². The van der Waals surface area contributed by atoms with Gasteiger partial charge in [0, 0.05) is 38.6 Å². The molecule has 1 unspecified atom stereocenters. The summed E-state index contributed by atoms with van der Waals surface area (Å²) in [6.45, 7) is 5.87. The van der Waals surface area contributed by atoms with Crippen LogP contribution in [0.4, 0.5) is 0 Å². The van der Waals surface area contributed by atoms with Gasteiger partial charge in [0.25, 0.3) is 0 Å². The van der Waals surface area contributed by atoms with Gasteiger partial charge < -0.3 is 10.1 Å². The van der Waals surface area contributed by atoms with E-state index in [1.807, 2.05) is 12.4 Å². The monoisotopic (exact) mass is 251 g/mol. The number of hydrogen-bond donors (Lipinski definition) is 1. The molecule has 0 amide bonds. The van der Waals surface area contributed by atoms with E-state index in [1.54, 1.807) is 7.11 Å². The Morgan fingerprint density at radius 2 is 2.11 bits per heavy atom. The first-order chi connectivity index (χ1) is 8.77. The van der Waals surface area contributed by atoms with Crippen LogP contribution < -0.4 is 5.32 Å². The van der Waals surface area contributed by atoms with Crippen LogP contribution in [-0.4, -0.2) is 49.8 Å². The zero-order chi connectivity index (χ0) is 13.2. The fourth-order valence-electron chi connectivity index (χ4n) is 1.89. The van der Waals surface area contributed by atoms with Gasteiger partial charge in [0.05, 0.1) is 6.61 Å². The lowest BCUT2D eigenvalue weighted by atomic mass is 10.2. The Hall–Kier alpha value is -0.970. The molecular weight excluding hydrogens is 226 g/mol. The maximum atomic E-state index is 5.30. The van der Waals surface area contributed by atoms with Crippen molar-refractivity contribution < 1.29 is 4.74 Å². The molecule has 0 spiro atoms. The van der Waals surface area contributed by atoms with Crippen molar-refractivity contribution in [3.63, 3.8) is 0 Å². The molecule has 1 aromatic heterocycles. The third-order valence-electron chi connectivity index (χ3n) is 2.97. The summed E-state index contributed by atoms with van der Waals surface area (Å²) in [5, 5.41) is 3.45. The Balaban J connectivity index is 2.45. The lowest BCUT2D eigenvalue weighted by Gasteiger charge is -2.27. The SMILES string of the molecule is CCCNCC(COC)N(C)Cc1ccncc1. The molecule has 0 saturated carbocycles. The molecule has 1 atom stereocenters. The van der Waals surface area contributed by atoms with Crippen molar-refractivity contribution in [2.24, 2.45) is 0 Å². The average molecular weight is 251 g/mol. The fraction of sp³-hybridized carbons (Fsp3) is 0.643. The molecule has 4 nitrogen and oxygen atoms in total. The summed E-state index contributed by atoms with van der Waals surface area (Å²) < 4.78 is 5.30. The highest BCUT2D eigenvalue weighted by Gasteiger charge is 2.14. The Bertz CT molecular complexity index is 305. The third-order valence-corrected chi connectivity index (χ3v) is 2.97. The van der Waals surface area contributed by atoms with Gasteiger partial charge in [-0.15, -0.1) is 0 Å². The fourth-order valence-corrected chi connectivity index (χ4v) is 1.89. The van der Waals surface area contributed by atoms with E-state index in [-0.39, 0.29) is 0 Å². The van der Waals surface area contributed by atoms with E-state index in [9.17, 15) is 0 Å². The zero-order valence-electron chi connectivity index (χ0n) is 11.7. The van der Waals surface area contributed by atoms with Crippen LogP contribution in [0.25, 0.3) is 0 Å². The summed E-state index contributed by atoms with van der Waals surface area (Å²) in [6, 6.07) is 4.51. The number of rotatable bonds is 9. The number of likely N-dealkylation sites (N-methyl/N-ethyl adjacent to an activating group) is 1. The average Bonchev–Trinajstić information content (AvgIpc) is 2.39. The largest absolute Gasteiger partial charge is 0.383 e. The molecule has 0 fully saturated rings. The summed E-state index contributed by atoms with van der Waals surface area (Å²) in [7, 11) is 3.89. The van der Waals surface area contributed by atoms with Gasteiger partial charge in [0.15, 0.2) is 0 Å². The molecule has 1 rings (SSSR count). The second-order valence-electron chi connectivity index (χ2n) is 4.58. The predicted octanol–water partition coefficient (Wildman–Crippen LogP) is 1.53. The number of pyridine rings is 1. The first-order valence-electron chi connectivity index (χ1n) is 6.56. The molecule has 0 bridgehead atoms. The molecule has 0 radical (unpaired) electrons. The van der Waals surface area contributed by atoms with Crippen LogP contribution in [0.3, 0.4) is 0 Å².